The highest BCUT2D eigenvalue weighted by Crippen LogP contribution is 2.04. The minimum Gasteiger partial charge on any atom is -0.273 e. The minimum absolute atomic E-state index is 0.00846. The lowest BCUT2D eigenvalue weighted by Crippen LogP contribution is -2.16. The first-order valence-electron chi connectivity index (χ1n) is 7.36. The number of benzene rings is 1. The molecule has 0 fully saturated rings. The lowest BCUT2D eigenvalue weighted by Gasteiger charge is -1.99. The molecule has 0 aliphatic carbocycles. The van der Waals surface area contributed by atoms with Crippen LogP contribution < -0.4 is 5.43 Å². The van der Waals surface area contributed by atoms with Crippen LogP contribution in [0, 0.1) is 0 Å². The highest BCUT2D eigenvalue weighted by atomic mass is 16.2. The normalized spacial score (nSPS) is 11.2. The Morgan fingerprint density at radius 2 is 1.90 bits per heavy atom. The van der Waals surface area contributed by atoms with Crippen molar-refractivity contribution < 1.29 is 4.79 Å². The topological polar surface area (TPSA) is 41.5 Å². The Bertz CT molecular complexity index is 424. The molecular weight excluding hydrogens is 248 g/mol. The fourth-order valence-corrected chi connectivity index (χ4v) is 1.82. The van der Waals surface area contributed by atoms with Crippen molar-refractivity contribution in [3.63, 3.8) is 0 Å². The first-order valence-corrected chi connectivity index (χ1v) is 7.36. The third-order valence-electron chi connectivity index (χ3n) is 2.95. The zero-order valence-electron chi connectivity index (χ0n) is 12.2. The molecule has 1 rings (SSSR count). The summed E-state index contributed by atoms with van der Waals surface area (Å²) in [7, 11) is 0. The van der Waals surface area contributed by atoms with E-state index in [2.05, 4.69) is 17.5 Å². The lowest BCUT2D eigenvalue weighted by molar-refractivity contribution is -0.121. The van der Waals surface area contributed by atoms with E-state index in [1.807, 2.05) is 42.5 Å². The predicted molar refractivity (Wildman–Crippen MR) is 85.5 cm³/mol. The van der Waals surface area contributed by atoms with Crippen LogP contribution in [-0.2, 0) is 4.79 Å². The van der Waals surface area contributed by atoms with Crippen molar-refractivity contribution in [1.82, 2.24) is 5.43 Å². The van der Waals surface area contributed by atoms with Crippen LogP contribution in [0.2, 0.25) is 0 Å². The van der Waals surface area contributed by atoms with Crippen molar-refractivity contribution >= 4 is 18.2 Å². The summed E-state index contributed by atoms with van der Waals surface area (Å²) in [5.41, 5.74) is 3.65. The maximum Gasteiger partial charge on any atom is 0.240 e. The van der Waals surface area contributed by atoms with Crippen LogP contribution in [-0.4, -0.2) is 12.1 Å². The maximum absolute atomic E-state index is 11.5. The van der Waals surface area contributed by atoms with Gasteiger partial charge in [-0.05, 0) is 18.1 Å². The average Bonchev–Trinajstić information content (AvgIpc) is 2.48. The molecule has 0 heterocycles. The van der Waals surface area contributed by atoms with Crippen molar-refractivity contribution in [2.75, 3.05) is 0 Å². The fraction of sp³-hybridized carbons (Fsp3) is 0.412. The van der Waals surface area contributed by atoms with Crippen molar-refractivity contribution in [2.45, 2.75) is 45.4 Å². The summed E-state index contributed by atoms with van der Waals surface area (Å²) in [5, 5.41) is 3.89. The molecular formula is C17H24N2O. The first-order chi connectivity index (χ1) is 9.83. The van der Waals surface area contributed by atoms with Crippen molar-refractivity contribution in [1.29, 1.82) is 0 Å². The van der Waals surface area contributed by atoms with E-state index < -0.39 is 0 Å². The van der Waals surface area contributed by atoms with E-state index in [9.17, 15) is 4.79 Å². The van der Waals surface area contributed by atoms with Gasteiger partial charge in [0.05, 0.1) is 0 Å². The molecule has 3 heteroatoms. The number of hydrazone groups is 1. The third kappa shape index (κ3) is 8.25. The van der Waals surface area contributed by atoms with Gasteiger partial charge in [-0.15, -0.1) is 0 Å². The minimum atomic E-state index is -0.00846. The molecule has 0 atom stereocenters. The Labute approximate surface area is 121 Å². The number of hydrogen-bond acceptors (Lipinski definition) is 2. The zero-order valence-corrected chi connectivity index (χ0v) is 12.2. The highest BCUT2D eigenvalue weighted by molar-refractivity contribution is 5.81. The van der Waals surface area contributed by atoms with Crippen LogP contribution in [0.25, 0.3) is 6.08 Å². The van der Waals surface area contributed by atoms with E-state index in [1.165, 1.54) is 19.3 Å². The van der Waals surface area contributed by atoms with Gasteiger partial charge in [-0.1, -0.05) is 69.0 Å². The van der Waals surface area contributed by atoms with Gasteiger partial charge < -0.3 is 0 Å². The number of nitrogens with one attached hydrogen (secondary N) is 1. The van der Waals surface area contributed by atoms with Gasteiger partial charge in [0, 0.05) is 12.6 Å². The molecule has 1 aromatic carbocycles. The second-order valence-corrected chi connectivity index (χ2v) is 4.75. The van der Waals surface area contributed by atoms with Crippen molar-refractivity contribution in [3.8, 4) is 0 Å². The Hall–Kier alpha value is -1.90. The van der Waals surface area contributed by atoms with E-state index in [0.717, 1.165) is 18.4 Å². The maximum atomic E-state index is 11.5. The number of rotatable bonds is 9. The monoisotopic (exact) mass is 272 g/mol. The van der Waals surface area contributed by atoms with Crippen molar-refractivity contribution in [2.24, 2.45) is 5.10 Å². The standard InChI is InChI=1S/C17H24N2O/c1-2-3-4-5-9-14-17(20)19-18-15-10-13-16-11-7-6-8-12-16/h6-8,10-13,15H,2-5,9,14H2,1H3,(H,19,20)/b13-10-,18-15?. The van der Waals surface area contributed by atoms with Crippen LogP contribution in [0.4, 0.5) is 0 Å². The SMILES string of the molecule is CCCCCCCC(=O)NN=C/C=C\c1ccccc1. The molecule has 1 N–H and O–H groups in total. The quantitative estimate of drug-likeness (QED) is 0.409. The van der Waals surface area contributed by atoms with Gasteiger partial charge in [0.15, 0.2) is 0 Å². The average molecular weight is 272 g/mol. The van der Waals surface area contributed by atoms with Gasteiger partial charge in [-0.3, -0.25) is 4.79 Å². The molecule has 0 unspecified atom stereocenters. The summed E-state index contributed by atoms with van der Waals surface area (Å²) >= 11 is 0. The summed E-state index contributed by atoms with van der Waals surface area (Å²) in [5.74, 6) is -0.00846. The molecule has 1 aromatic rings. The molecule has 0 saturated carbocycles. The largest absolute Gasteiger partial charge is 0.273 e. The fourth-order valence-electron chi connectivity index (χ4n) is 1.82. The Balaban J connectivity index is 2.11. The van der Waals surface area contributed by atoms with E-state index in [0.29, 0.717) is 6.42 Å². The second kappa shape index (κ2) is 11.0. The van der Waals surface area contributed by atoms with Crippen LogP contribution in [0.3, 0.4) is 0 Å². The van der Waals surface area contributed by atoms with Gasteiger partial charge in [-0.25, -0.2) is 5.43 Å². The number of amides is 1. The third-order valence-corrected chi connectivity index (χ3v) is 2.95. The molecule has 0 radical (unpaired) electrons. The molecule has 108 valence electrons. The molecule has 0 aliphatic rings. The van der Waals surface area contributed by atoms with Crippen molar-refractivity contribution in [3.05, 3.63) is 42.0 Å². The van der Waals surface area contributed by atoms with Crippen LogP contribution >= 0.6 is 0 Å². The number of carbonyl (C=O) groups excluding carboxylic acids is 1. The Morgan fingerprint density at radius 1 is 1.15 bits per heavy atom. The smallest absolute Gasteiger partial charge is 0.240 e. The summed E-state index contributed by atoms with van der Waals surface area (Å²) in [4.78, 5) is 11.5. The number of carbonyl (C=O) groups is 1. The van der Waals surface area contributed by atoms with E-state index in [-0.39, 0.29) is 5.91 Å². The second-order valence-electron chi connectivity index (χ2n) is 4.75. The summed E-state index contributed by atoms with van der Waals surface area (Å²) < 4.78 is 0. The Kier molecular flexibility index (Phi) is 8.86. The van der Waals surface area contributed by atoms with E-state index in [4.69, 9.17) is 0 Å². The summed E-state index contributed by atoms with van der Waals surface area (Å²) in [6, 6.07) is 9.97. The Morgan fingerprint density at radius 3 is 2.65 bits per heavy atom. The molecule has 0 aliphatic heterocycles. The highest BCUT2D eigenvalue weighted by Gasteiger charge is 1.98. The van der Waals surface area contributed by atoms with E-state index >= 15 is 0 Å². The molecule has 0 spiro atoms. The zero-order chi connectivity index (χ0) is 14.5. The first kappa shape index (κ1) is 16.2. The number of nitrogens with zero attached hydrogens (tertiary/aromatic N) is 1. The molecule has 20 heavy (non-hydrogen) atoms. The lowest BCUT2D eigenvalue weighted by atomic mass is 10.1. The van der Waals surface area contributed by atoms with Gasteiger partial charge in [0.1, 0.15) is 0 Å². The molecule has 0 bridgehead atoms. The van der Waals surface area contributed by atoms with Crippen LogP contribution in [0.5, 0.6) is 0 Å². The molecule has 1 amide bonds. The van der Waals surface area contributed by atoms with Gasteiger partial charge in [0.2, 0.25) is 5.91 Å². The number of allylic oxidation sites excluding steroid dienone is 1. The van der Waals surface area contributed by atoms with Gasteiger partial charge in [0.25, 0.3) is 0 Å². The van der Waals surface area contributed by atoms with Crippen LogP contribution in [0.15, 0.2) is 41.5 Å². The van der Waals surface area contributed by atoms with E-state index in [1.54, 1.807) is 6.21 Å². The number of hydrogen-bond donors (Lipinski definition) is 1. The summed E-state index contributed by atoms with van der Waals surface area (Å²) in [6.07, 6.45) is 11.7. The van der Waals surface area contributed by atoms with Crippen LogP contribution in [0.1, 0.15) is 51.0 Å². The molecule has 0 aromatic heterocycles. The molecule has 3 nitrogen and oxygen atoms in total. The van der Waals surface area contributed by atoms with Gasteiger partial charge in [-0.2, -0.15) is 5.10 Å². The predicted octanol–water partition coefficient (Wildman–Crippen LogP) is 4.16. The van der Waals surface area contributed by atoms with Gasteiger partial charge >= 0.3 is 0 Å². The summed E-state index contributed by atoms with van der Waals surface area (Å²) in [6.45, 7) is 2.18. The number of unbranched alkanes of at least 4 members (excludes halogenated alkanes) is 4. The molecule has 0 saturated heterocycles.